The number of halogens is 3. The minimum atomic E-state index is -0.360. The van der Waals surface area contributed by atoms with E-state index in [0.29, 0.717) is 64.1 Å². The lowest BCUT2D eigenvalue weighted by atomic mass is 10.1. The number of fused-ring (bicyclic) bond motifs is 1. The van der Waals surface area contributed by atoms with Crippen molar-refractivity contribution in [2.45, 2.75) is 65.0 Å². The smallest absolute Gasteiger partial charge is 0.332 e. The van der Waals surface area contributed by atoms with E-state index in [1.54, 1.807) is 16.7 Å². The number of aliphatic imine (C=N–C) groups is 1. The molecule has 0 spiro atoms. The molecule has 0 saturated carbocycles. The van der Waals surface area contributed by atoms with Crippen LogP contribution < -0.4 is 11.2 Å². The summed E-state index contributed by atoms with van der Waals surface area (Å²) in [5.41, 5.74) is 0.691. The molecule has 0 bridgehead atoms. The summed E-state index contributed by atoms with van der Waals surface area (Å²) in [4.78, 5) is 34.7. The Bertz CT molecular complexity index is 1340. The zero-order chi connectivity index (χ0) is 24.2. The van der Waals surface area contributed by atoms with E-state index < -0.39 is 0 Å². The predicted octanol–water partition coefficient (Wildman–Crippen LogP) is 4.94. The molecule has 34 heavy (non-hydrogen) atoms. The average Bonchev–Trinajstić information content (AvgIpc) is 3.42. The first-order valence-corrected chi connectivity index (χ1v) is 12.4. The summed E-state index contributed by atoms with van der Waals surface area (Å²) in [6.45, 7) is 2.84. The third-order valence-corrected chi connectivity index (χ3v) is 6.61. The van der Waals surface area contributed by atoms with E-state index in [1.807, 2.05) is 6.07 Å². The Morgan fingerprint density at radius 1 is 1.03 bits per heavy atom. The van der Waals surface area contributed by atoms with Crippen LogP contribution in [0.2, 0.25) is 10.0 Å². The molecular weight excluding hydrogens is 501 g/mol. The van der Waals surface area contributed by atoms with Crippen LogP contribution in [0.15, 0.2) is 37.3 Å². The van der Waals surface area contributed by atoms with Crippen LogP contribution in [0.3, 0.4) is 0 Å². The minimum absolute atomic E-state index is 0.237. The number of rotatable bonds is 10. The molecule has 1 aromatic carbocycles. The Balaban J connectivity index is 1.45. The van der Waals surface area contributed by atoms with Crippen molar-refractivity contribution in [1.82, 2.24) is 19.3 Å². The van der Waals surface area contributed by atoms with Crippen LogP contribution in [0.4, 0.5) is 5.82 Å². The molecule has 0 aliphatic carbocycles. The lowest BCUT2D eigenvalue weighted by molar-refractivity contribution is 0.366. The third-order valence-electron chi connectivity index (χ3n) is 5.65. The molecule has 2 aromatic heterocycles. The number of aromatic nitrogens is 4. The highest BCUT2D eigenvalue weighted by molar-refractivity contribution is 6.66. The number of hydrogen-bond donors (Lipinski definition) is 0. The van der Waals surface area contributed by atoms with Crippen LogP contribution in [0.25, 0.3) is 0 Å². The van der Waals surface area contributed by atoms with Gasteiger partial charge in [-0.15, -0.1) is 0 Å². The number of hydrogen-bond acceptors (Lipinski definition) is 6. The van der Waals surface area contributed by atoms with Gasteiger partial charge in [0, 0.05) is 32.4 Å². The largest absolute Gasteiger partial charge is 0.339 e. The van der Waals surface area contributed by atoms with Gasteiger partial charge in [-0.1, -0.05) is 65.8 Å². The fourth-order valence-corrected chi connectivity index (χ4v) is 4.46. The fraction of sp³-hybridized carbons (Fsp3) is 0.435. The van der Waals surface area contributed by atoms with Crippen molar-refractivity contribution in [2.75, 3.05) is 0 Å². The normalized spacial score (nSPS) is 12.8. The summed E-state index contributed by atoms with van der Waals surface area (Å²) in [5.74, 6) is 1.36. The van der Waals surface area contributed by atoms with Gasteiger partial charge in [-0.05, 0) is 30.5 Å². The Morgan fingerprint density at radius 2 is 1.82 bits per heavy atom. The predicted molar refractivity (Wildman–Crippen MR) is 133 cm³/mol. The lowest BCUT2D eigenvalue weighted by Crippen LogP contribution is -2.41. The van der Waals surface area contributed by atoms with Crippen LogP contribution in [-0.4, -0.2) is 24.4 Å². The summed E-state index contributed by atoms with van der Waals surface area (Å²) < 4.78 is 8.18. The van der Waals surface area contributed by atoms with Crippen molar-refractivity contribution < 1.29 is 4.52 Å². The van der Waals surface area contributed by atoms with Gasteiger partial charge >= 0.3 is 5.69 Å². The van der Waals surface area contributed by atoms with Gasteiger partial charge in [0.1, 0.15) is 11.0 Å². The number of benzene rings is 1. The first-order chi connectivity index (χ1) is 16.4. The quantitative estimate of drug-likeness (QED) is 0.350. The van der Waals surface area contributed by atoms with Crippen molar-refractivity contribution in [3.8, 4) is 0 Å². The maximum atomic E-state index is 13.1. The van der Waals surface area contributed by atoms with Crippen LogP contribution in [-0.2, 0) is 32.4 Å². The Hall–Kier alpha value is -2.42. The second-order valence-electron chi connectivity index (χ2n) is 8.20. The van der Waals surface area contributed by atoms with Gasteiger partial charge in [0.2, 0.25) is 5.89 Å². The molecule has 0 N–H and O–H groups in total. The van der Waals surface area contributed by atoms with E-state index in [-0.39, 0.29) is 24.2 Å². The van der Waals surface area contributed by atoms with E-state index in [9.17, 15) is 9.59 Å². The topological polar surface area (TPSA) is 95.3 Å². The Labute approximate surface area is 211 Å². The molecule has 0 atom stereocenters. The van der Waals surface area contributed by atoms with Gasteiger partial charge in [0.25, 0.3) is 5.56 Å². The molecule has 0 fully saturated rings. The first-order valence-electron chi connectivity index (χ1n) is 11.2. The van der Waals surface area contributed by atoms with Gasteiger partial charge in [-0.2, -0.15) is 4.98 Å². The van der Waals surface area contributed by atoms with Gasteiger partial charge < -0.3 is 4.52 Å². The standard InChI is InChI=1S/C23H24Cl3N5O3/c1-2-3-4-9-30-21-15(13-18(26)27-21)22(32)31(23(30)33)10-5-6-20-28-19(29-34-20)12-14-7-8-16(24)17(25)11-14/h7-8,11H,2-6,9-10,12-13H2,1H3. The van der Waals surface area contributed by atoms with Crippen LogP contribution >= 0.6 is 34.8 Å². The molecule has 1 aliphatic rings. The molecular formula is C23H24Cl3N5O3. The van der Waals surface area contributed by atoms with Gasteiger partial charge in [-0.25, -0.2) is 9.79 Å². The van der Waals surface area contributed by atoms with Crippen molar-refractivity contribution in [2.24, 2.45) is 4.99 Å². The monoisotopic (exact) mass is 523 g/mol. The first kappa shape index (κ1) is 24.7. The molecule has 0 amide bonds. The summed E-state index contributed by atoms with van der Waals surface area (Å²) in [6.07, 6.45) is 4.48. The summed E-state index contributed by atoms with van der Waals surface area (Å²) in [6, 6.07) is 5.34. The van der Waals surface area contributed by atoms with E-state index in [2.05, 4.69) is 22.1 Å². The van der Waals surface area contributed by atoms with E-state index in [1.165, 1.54) is 4.57 Å². The molecule has 3 aromatic rings. The minimum Gasteiger partial charge on any atom is -0.339 e. The van der Waals surface area contributed by atoms with Crippen LogP contribution in [0.5, 0.6) is 0 Å². The van der Waals surface area contributed by atoms with E-state index in [4.69, 9.17) is 39.3 Å². The van der Waals surface area contributed by atoms with Gasteiger partial charge in [0.15, 0.2) is 5.82 Å². The van der Waals surface area contributed by atoms with Crippen molar-refractivity contribution in [3.05, 3.63) is 71.9 Å². The average molecular weight is 525 g/mol. The number of nitrogens with zero attached hydrogens (tertiary/aromatic N) is 5. The second kappa shape index (κ2) is 10.9. The van der Waals surface area contributed by atoms with Crippen molar-refractivity contribution in [1.29, 1.82) is 0 Å². The molecule has 11 heteroatoms. The molecule has 180 valence electrons. The van der Waals surface area contributed by atoms with Crippen molar-refractivity contribution in [3.63, 3.8) is 0 Å². The van der Waals surface area contributed by atoms with Crippen molar-refractivity contribution >= 4 is 45.8 Å². The second-order valence-corrected chi connectivity index (χ2v) is 9.45. The number of aryl methyl sites for hydroxylation is 1. The zero-order valence-corrected chi connectivity index (χ0v) is 21.0. The highest BCUT2D eigenvalue weighted by Gasteiger charge is 2.24. The van der Waals surface area contributed by atoms with Crippen LogP contribution in [0, 0.1) is 0 Å². The summed E-state index contributed by atoms with van der Waals surface area (Å²) in [5, 5.41) is 5.29. The highest BCUT2D eigenvalue weighted by Crippen LogP contribution is 2.25. The van der Waals surface area contributed by atoms with E-state index >= 15 is 0 Å². The maximum Gasteiger partial charge on any atom is 0.332 e. The lowest BCUT2D eigenvalue weighted by Gasteiger charge is -2.13. The summed E-state index contributed by atoms with van der Waals surface area (Å²) >= 11 is 18.1. The third kappa shape index (κ3) is 5.45. The molecule has 0 saturated heterocycles. The number of unbranched alkanes of at least 4 members (excludes halogenated alkanes) is 2. The molecule has 8 nitrogen and oxygen atoms in total. The molecule has 4 rings (SSSR count). The van der Waals surface area contributed by atoms with Gasteiger partial charge in [0.05, 0.1) is 15.6 Å². The van der Waals surface area contributed by atoms with Crippen LogP contribution in [0.1, 0.15) is 55.4 Å². The zero-order valence-electron chi connectivity index (χ0n) is 18.7. The molecule has 0 unspecified atom stereocenters. The maximum absolute atomic E-state index is 13.1. The Morgan fingerprint density at radius 3 is 2.59 bits per heavy atom. The summed E-state index contributed by atoms with van der Waals surface area (Å²) in [7, 11) is 0. The fourth-order valence-electron chi connectivity index (χ4n) is 3.93. The molecule has 0 radical (unpaired) electrons. The van der Waals surface area contributed by atoms with E-state index in [0.717, 1.165) is 24.8 Å². The molecule has 3 heterocycles. The SMILES string of the molecule is CCCCCn1c2c(c(=O)n(CCCc3nc(Cc4ccc(Cl)c(Cl)c4)no3)c1=O)CC(Cl)=N2. The Kier molecular flexibility index (Phi) is 7.91. The molecule has 1 aliphatic heterocycles. The highest BCUT2D eigenvalue weighted by atomic mass is 35.5. The van der Waals surface area contributed by atoms with Gasteiger partial charge in [-0.3, -0.25) is 13.9 Å².